The first-order valence-corrected chi connectivity index (χ1v) is 11.4. The molecule has 2 amide bonds. The van der Waals surface area contributed by atoms with Crippen molar-refractivity contribution in [2.45, 2.75) is 18.4 Å². The number of benzene rings is 3. The maximum Gasteiger partial charge on any atom is 0.260 e. The average Bonchev–Trinajstić information content (AvgIpc) is 2.76. The normalized spacial score (nSPS) is 14.8. The van der Waals surface area contributed by atoms with Gasteiger partial charge in [-0.2, -0.15) is 0 Å². The van der Waals surface area contributed by atoms with Crippen LogP contribution in [0.15, 0.2) is 77.8 Å². The molecule has 0 radical (unpaired) electrons. The largest absolute Gasteiger partial charge is 0.386 e. The van der Waals surface area contributed by atoms with Crippen LogP contribution in [-0.2, 0) is 21.4 Å². The number of carbonyl (C=O) groups is 2. The summed E-state index contributed by atoms with van der Waals surface area (Å²) in [6.45, 7) is 2.13. The number of rotatable bonds is 5. The highest BCUT2D eigenvalue weighted by Gasteiger charge is 2.27. The number of hydrogen-bond donors (Lipinski definition) is 3. The quantitative estimate of drug-likeness (QED) is 0.411. The van der Waals surface area contributed by atoms with Gasteiger partial charge in [0.25, 0.3) is 11.8 Å². The molecule has 3 aromatic rings. The van der Waals surface area contributed by atoms with Crippen molar-refractivity contribution in [1.29, 1.82) is 0 Å². The fourth-order valence-corrected chi connectivity index (χ4v) is 4.36. The highest BCUT2D eigenvalue weighted by atomic mass is 32.2. The van der Waals surface area contributed by atoms with E-state index in [0.717, 1.165) is 16.7 Å². The molecule has 0 saturated carbocycles. The van der Waals surface area contributed by atoms with Crippen molar-refractivity contribution in [3.63, 3.8) is 0 Å². The summed E-state index contributed by atoms with van der Waals surface area (Å²) in [5.41, 5.74) is 4.60. The Labute approximate surface area is 186 Å². The van der Waals surface area contributed by atoms with Crippen molar-refractivity contribution in [3.8, 4) is 11.1 Å². The third-order valence-corrected chi connectivity index (χ3v) is 6.24. The summed E-state index contributed by atoms with van der Waals surface area (Å²) >= 11 is 0. The first-order valence-electron chi connectivity index (χ1n) is 9.85. The van der Waals surface area contributed by atoms with Crippen LogP contribution in [0.3, 0.4) is 0 Å². The van der Waals surface area contributed by atoms with Crippen molar-refractivity contribution >= 4 is 27.4 Å². The van der Waals surface area contributed by atoms with Crippen LogP contribution in [-0.4, -0.2) is 20.2 Å². The van der Waals surface area contributed by atoms with Gasteiger partial charge in [-0.3, -0.25) is 14.9 Å². The number of sulfonamides is 1. The monoisotopic (exact) mass is 447 g/mol. The van der Waals surface area contributed by atoms with Crippen molar-refractivity contribution in [2.24, 2.45) is 5.14 Å². The molecule has 1 aliphatic heterocycles. The molecule has 162 valence electrons. The second-order valence-electron chi connectivity index (χ2n) is 7.50. The molecule has 0 saturated heterocycles. The third-order valence-electron chi connectivity index (χ3n) is 5.23. The second kappa shape index (κ2) is 8.41. The topological polar surface area (TPSA) is 118 Å². The van der Waals surface area contributed by atoms with Crippen LogP contribution in [0.25, 0.3) is 16.7 Å². The summed E-state index contributed by atoms with van der Waals surface area (Å²) in [7, 11) is -3.88. The van der Waals surface area contributed by atoms with Crippen LogP contribution in [0.2, 0.25) is 0 Å². The van der Waals surface area contributed by atoms with E-state index in [1.807, 2.05) is 43.3 Å². The Kier molecular flexibility index (Phi) is 5.65. The van der Waals surface area contributed by atoms with E-state index in [0.29, 0.717) is 16.7 Å². The molecule has 0 aliphatic carbocycles. The van der Waals surface area contributed by atoms with Crippen LogP contribution in [0.5, 0.6) is 0 Å². The summed E-state index contributed by atoms with van der Waals surface area (Å²) in [5.74, 6) is -0.993. The Hall–Kier alpha value is -3.75. The van der Waals surface area contributed by atoms with Crippen LogP contribution in [0, 0.1) is 6.92 Å². The van der Waals surface area contributed by atoms with E-state index in [-0.39, 0.29) is 17.0 Å². The standard InChI is InChI=1S/C24H21N3O4S/c1-15-6-8-16(9-7-15)17-10-11-19-20(12-17)21(24(29)27-23(19)28)14-26-13-18-4-2-3-5-22(18)32(25,30)31/h2-12,14,26H,13H2,1H3,(H2,25,30,31)(H,27,28,29)/b21-14-. The van der Waals surface area contributed by atoms with Crippen LogP contribution < -0.4 is 15.8 Å². The van der Waals surface area contributed by atoms with Crippen molar-refractivity contribution in [2.75, 3.05) is 0 Å². The molecule has 1 aliphatic rings. The number of nitrogens with two attached hydrogens (primary N) is 1. The molecule has 1 heterocycles. The van der Waals surface area contributed by atoms with E-state index in [2.05, 4.69) is 10.6 Å². The van der Waals surface area contributed by atoms with E-state index in [9.17, 15) is 18.0 Å². The van der Waals surface area contributed by atoms with Gasteiger partial charge >= 0.3 is 0 Å². The minimum Gasteiger partial charge on any atom is -0.386 e. The lowest BCUT2D eigenvalue weighted by Gasteiger charge is -2.20. The molecule has 0 bridgehead atoms. The van der Waals surface area contributed by atoms with Gasteiger partial charge in [0, 0.05) is 23.9 Å². The number of fused-ring (bicyclic) bond motifs is 1. The molecule has 0 fully saturated rings. The van der Waals surface area contributed by atoms with Gasteiger partial charge in [0.15, 0.2) is 0 Å². The zero-order valence-electron chi connectivity index (χ0n) is 17.3. The van der Waals surface area contributed by atoms with Gasteiger partial charge in [0.1, 0.15) is 0 Å². The fourth-order valence-electron chi connectivity index (χ4n) is 3.58. The van der Waals surface area contributed by atoms with E-state index < -0.39 is 21.8 Å². The Morgan fingerprint density at radius 1 is 0.906 bits per heavy atom. The molecular weight excluding hydrogens is 426 g/mol. The molecule has 0 spiro atoms. The summed E-state index contributed by atoms with van der Waals surface area (Å²) < 4.78 is 23.6. The minimum atomic E-state index is -3.88. The summed E-state index contributed by atoms with van der Waals surface area (Å²) in [5, 5.41) is 10.6. The highest BCUT2D eigenvalue weighted by Crippen LogP contribution is 2.29. The maximum absolute atomic E-state index is 12.6. The van der Waals surface area contributed by atoms with Crippen molar-refractivity contribution in [3.05, 3.63) is 95.2 Å². The third kappa shape index (κ3) is 4.32. The summed E-state index contributed by atoms with van der Waals surface area (Å²) in [6, 6.07) is 19.6. The zero-order chi connectivity index (χ0) is 22.9. The van der Waals surface area contributed by atoms with Crippen LogP contribution >= 0.6 is 0 Å². The molecule has 32 heavy (non-hydrogen) atoms. The molecule has 4 N–H and O–H groups in total. The molecule has 4 rings (SSSR count). The lowest BCUT2D eigenvalue weighted by Crippen LogP contribution is -2.37. The smallest absolute Gasteiger partial charge is 0.260 e. The molecule has 0 unspecified atom stereocenters. The van der Waals surface area contributed by atoms with Gasteiger partial charge in [-0.05, 0) is 41.8 Å². The lowest BCUT2D eigenvalue weighted by molar-refractivity contribution is -0.114. The van der Waals surface area contributed by atoms with Gasteiger partial charge < -0.3 is 5.32 Å². The zero-order valence-corrected chi connectivity index (χ0v) is 18.1. The van der Waals surface area contributed by atoms with Gasteiger partial charge in [-0.15, -0.1) is 0 Å². The van der Waals surface area contributed by atoms with E-state index >= 15 is 0 Å². The highest BCUT2D eigenvalue weighted by molar-refractivity contribution is 7.89. The Balaban J connectivity index is 1.68. The van der Waals surface area contributed by atoms with Crippen LogP contribution in [0.4, 0.5) is 0 Å². The Bertz CT molecular complexity index is 1360. The molecule has 7 nitrogen and oxygen atoms in total. The average molecular weight is 448 g/mol. The molecular formula is C24H21N3O4S. The number of primary sulfonamides is 1. The molecule has 0 aromatic heterocycles. The number of aryl methyl sites for hydroxylation is 1. The second-order valence-corrected chi connectivity index (χ2v) is 9.03. The molecule has 0 atom stereocenters. The fraction of sp³-hybridized carbons (Fsp3) is 0.0833. The number of nitrogens with one attached hydrogen (secondary N) is 2. The van der Waals surface area contributed by atoms with Gasteiger partial charge in [0.2, 0.25) is 10.0 Å². The van der Waals surface area contributed by atoms with Crippen molar-refractivity contribution in [1.82, 2.24) is 10.6 Å². The Morgan fingerprint density at radius 3 is 2.31 bits per heavy atom. The first-order chi connectivity index (χ1) is 15.2. The van der Waals surface area contributed by atoms with E-state index in [1.165, 1.54) is 12.3 Å². The summed E-state index contributed by atoms with van der Waals surface area (Å²) in [4.78, 5) is 24.9. The van der Waals surface area contributed by atoms with Gasteiger partial charge in [-0.1, -0.05) is 54.1 Å². The number of carbonyl (C=O) groups excluding carboxylic acids is 2. The Morgan fingerprint density at radius 2 is 1.59 bits per heavy atom. The summed E-state index contributed by atoms with van der Waals surface area (Å²) in [6.07, 6.45) is 1.49. The van der Waals surface area contributed by atoms with Crippen molar-refractivity contribution < 1.29 is 18.0 Å². The lowest BCUT2D eigenvalue weighted by atomic mass is 9.91. The van der Waals surface area contributed by atoms with Crippen LogP contribution in [0.1, 0.15) is 27.0 Å². The number of imide groups is 1. The number of hydrogen-bond acceptors (Lipinski definition) is 5. The van der Waals surface area contributed by atoms with E-state index in [1.54, 1.807) is 24.3 Å². The maximum atomic E-state index is 12.6. The minimum absolute atomic E-state index is 0.0104. The van der Waals surface area contributed by atoms with Gasteiger partial charge in [0.05, 0.1) is 10.5 Å². The SMILES string of the molecule is Cc1ccc(-c2ccc3c(c2)/C(=C/NCc2ccccc2S(N)(=O)=O)C(=O)NC3=O)cc1. The predicted octanol–water partition coefficient (Wildman–Crippen LogP) is 2.71. The number of amides is 2. The van der Waals surface area contributed by atoms with E-state index in [4.69, 9.17) is 5.14 Å². The molecule has 3 aromatic carbocycles. The van der Waals surface area contributed by atoms with Gasteiger partial charge in [-0.25, -0.2) is 13.6 Å². The predicted molar refractivity (Wildman–Crippen MR) is 122 cm³/mol. The molecule has 8 heteroatoms. The first kappa shape index (κ1) is 21.5.